The normalized spacial score (nSPS) is 29.7. The van der Waals surface area contributed by atoms with Crippen molar-refractivity contribution in [3.05, 3.63) is 0 Å². The third-order valence-electron chi connectivity index (χ3n) is 4.92. The van der Waals surface area contributed by atoms with Gasteiger partial charge in [0.1, 0.15) is 0 Å². The van der Waals surface area contributed by atoms with Crippen molar-refractivity contribution in [1.29, 1.82) is 0 Å². The van der Waals surface area contributed by atoms with Crippen molar-refractivity contribution < 1.29 is 9.84 Å². The molecule has 1 aliphatic heterocycles. The van der Waals surface area contributed by atoms with E-state index in [0.717, 1.165) is 64.4 Å². The number of aliphatic hydroxyl groups is 1. The average molecular weight is 326 g/mol. The van der Waals surface area contributed by atoms with E-state index in [4.69, 9.17) is 9.73 Å². The first-order chi connectivity index (χ1) is 11.2. The van der Waals surface area contributed by atoms with Gasteiger partial charge in [-0.2, -0.15) is 0 Å². The number of aliphatic hydroxyl groups excluding tert-OH is 1. The van der Waals surface area contributed by atoms with E-state index in [1.165, 1.54) is 12.8 Å². The fraction of sp³-hybridized carbons (Fsp3) is 0.941. The molecular weight excluding hydrogens is 292 g/mol. The molecule has 1 saturated carbocycles. The molecule has 23 heavy (non-hydrogen) atoms. The number of methoxy groups -OCH3 is 1. The number of ether oxygens (including phenoxy) is 1. The highest BCUT2D eigenvalue weighted by Gasteiger charge is 2.24. The van der Waals surface area contributed by atoms with Crippen LogP contribution < -0.4 is 10.6 Å². The first-order valence-electron chi connectivity index (χ1n) is 9.18. The molecule has 1 atom stereocenters. The zero-order valence-corrected chi connectivity index (χ0v) is 14.8. The molecule has 6 nitrogen and oxygen atoms in total. The highest BCUT2D eigenvalue weighted by Crippen LogP contribution is 2.19. The lowest BCUT2D eigenvalue weighted by Gasteiger charge is -2.28. The van der Waals surface area contributed by atoms with E-state index in [1.54, 1.807) is 7.11 Å². The van der Waals surface area contributed by atoms with Crippen LogP contribution in [0.1, 0.15) is 45.4 Å². The Kier molecular flexibility index (Phi) is 8.12. The second kappa shape index (κ2) is 10.1. The Morgan fingerprint density at radius 2 is 2.04 bits per heavy atom. The topological polar surface area (TPSA) is 69.1 Å². The lowest BCUT2D eigenvalue weighted by atomic mass is 9.93. The lowest BCUT2D eigenvalue weighted by Crippen LogP contribution is -2.46. The number of likely N-dealkylation sites (tertiary alicyclic amines) is 1. The van der Waals surface area contributed by atoms with Crippen LogP contribution in [0.5, 0.6) is 0 Å². The number of hydrogen-bond acceptors (Lipinski definition) is 4. The van der Waals surface area contributed by atoms with Gasteiger partial charge in [0.05, 0.1) is 19.3 Å². The molecule has 0 amide bonds. The van der Waals surface area contributed by atoms with Crippen molar-refractivity contribution in [1.82, 2.24) is 15.5 Å². The van der Waals surface area contributed by atoms with Crippen molar-refractivity contribution in [2.45, 2.75) is 63.6 Å². The molecule has 0 aromatic rings. The van der Waals surface area contributed by atoms with Gasteiger partial charge in [-0.3, -0.25) is 9.89 Å². The Bertz CT molecular complexity index is 357. The summed E-state index contributed by atoms with van der Waals surface area (Å²) in [6.07, 6.45) is 6.20. The minimum Gasteiger partial charge on any atom is -0.393 e. The SMILES string of the molecule is CCNC(=NCC1CCCN1CCOC)NC1CCC(O)CC1. The van der Waals surface area contributed by atoms with Crippen molar-refractivity contribution in [2.75, 3.05) is 39.9 Å². The molecule has 0 aromatic heterocycles. The van der Waals surface area contributed by atoms with E-state index in [0.29, 0.717) is 12.1 Å². The summed E-state index contributed by atoms with van der Waals surface area (Å²) in [6.45, 7) is 6.77. The molecule has 0 aromatic carbocycles. The number of rotatable bonds is 7. The van der Waals surface area contributed by atoms with Crippen molar-refractivity contribution >= 4 is 5.96 Å². The van der Waals surface area contributed by atoms with Crippen LogP contribution in [0.3, 0.4) is 0 Å². The van der Waals surface area contributed by atoms with Crippen LogP contribution in [0.15, 0.2) is 4.99 Å². The first kappa shape index (κ1) is 18.5. The summed E-state index contributed by atoms with van der Waals surface area (Å²) in [5.41, 5.74) is 0. The molecule has 134 valence electrons. The van der Waals surface area contributed by atoms with Gasteiger partial charge in [0.2, 0.25) is 0 Å². The second-order valence-electron chi connectivity index (χ2n) is 6.69. The number of guanidine groups is 1. The van der Waals surface area contributed by atoms with Crippen LogP contribution in [0, 0.1) is 0 Å². The summed E-state index contributed by atoms with van der Waals surface area (Å²) in [5, 5.41) is 16.5. The van der Waals surface area contributed by atoms with Gasteiger partial charge in [0.25, 0.3) is 0 Å². The van der Waals surface area contributed by atoms with Gasteiger partial charge in [-0.05, 0) is 52.0 Å². The fourth-order valence-corrected chi connectivity index (χ4v) is 3.54. The molecule has 0 bridgehead atoms. The summed E-state index contributed by atoms with van der Waals surface area (Å²) in [6, 6.07) is 0.971. The second-order valence-corrected chi connectivity index (χ2v) is 6.69. The Labute approximate surface area is 140 Å². The van der Waals surface area contributed by atoms with Crippen LogP contribution in [0.4, 0.5) is 0 Å². The van der Waals surface area contributed by atoms with Crippen molar-refractivity contribution in [3.63, 3.8) is 0 Å². The summed E-state index contributed by atoms with van der Waals surface area (Å²) in [5.74, 6) is 0.924. The van der Waals surface area contributed by atoms with Gasteiger partial charge < -0.3 is 20.5 Å². The maximum absolute atomic E-state index is 9.62. The van der Waals surface area contributed by atoms with Gasteiger partial charge in [-0.25, -0.2) is 0 Å². The van der Waals surface area contributed by atoms with Crippen LogP contribution >= 0.6 is 0 Å². The van der Waals surface area contributed by atoms with E-state index in [9.17, 15) is 5.11 Å². The molecule has 3 N–H and O–H groups in total. The number of nitrogens with one attached hydrogen (secondary N) is 2. The molecule has 6 heteroatoms. The van der Waals surface area contributed by atoms with Gasteiger partial charge in [-0.15, -0.1) is 0 Å². The van der Waals surface area contributed by atoms with Crippen LogP contribution in [-0.2, 0) is 4.74 Å². The van der Waals surface area contributed by atoms with Gasteiger partial charge in [0, 0.05) is 32.3 Å². The van der Waals surface area contributed by atoms with E-state index in [-0.39, 0.29) is 6.10 Å². The summed E-state index contributed by atoms with van der Waals surface area (Å²) < 4.78 is 5.20. The zero-order valence-electron chi connectivity index (χ0n) is 14.8. The van der Waals surface area contributed by atoms with E-state index in [2.05, 4.69) is 22.5 Å². The van der Waals surface area contributed by atoms with Crippen LogP contribution in [0.2, 0.25) is 0 Å². The largest absolute Gasteiger partial charge is 0.393 e. The van der Waals surface area contributed by atoms with Crippen LogP contribution in [0.25, 0.3) is 0 Å². The molecule has 1 heterocycles. The van der Waals surface area contributed by atoms with Crippen LogP contribution in [-0.4, -0.2) is 74.0 Å². The molecule has 0 radical (unpaired) electrons. The molecular formula is C17H34N4O2. The Morgan fingerprint density at radius 1 is 1.26 bits per heavy atom. The zero-order chi connectivity index (χ0) is 16.5. The van der Waals surface area contributed by atoms with E-state index >= 15 is 0 Å². The summed E-state index contributed by atoms with van der Waals surface area (Å²) >= 11 is 0. The maximum Gasteiger partial charge on any atom is 0.191 e. The summed E-state index contributed by atoms with van der Waals surface area (Å²) in [4.78, 5) is 7.31. The van der Waals surface area contributed by atoms with E-state index in [1.807, 2.05) is 0 Å². The smallest absolute Gasteiger partial charge is 0.191 e. The monoisotopic (exact) mass is 326 g/mol. The molecule has 2 fully saturated rings. The predicted octanol–water partition coefficient (Wildman–Crippen LogP) is 0.956. The molecule has 1 saturated heterocycles. The maximum atomic E-state index is 9.62. The molecule has 2 rings (SSSR count). The molecule has 1 aliphatic carbocycles. The fourth-order valence-electron chi connectivity index (χ4n) is 3.54. The number of aliphatic imine (C=N–C) groups is 1. The highest BCUT2D eigenvalue weighted by molar-refractivity contribution is 5.80. The molecule has 1 unspecified atom stereocenters. The van der Waals surface area contributed by atoms with Crippen molar-refractivity contribution in [3.8, 4) is 0 Å². The Hall–Kier alpha value is -0.850. The number of hydrogen-bond donors (Lipinski definition) is 3. The van der Waals surface area contributed by atoms with E-state index < -0.39 is 0 Å². The predicted molar refractivity (Wildman–Crippen MR) is 93.8 cm³/mol. The average Bonchev–Trinajstić information content (AvgIpc) is 3.00. The van der Waals surface area contributed by atoms with Gasteiger partial charge in [0.15, 0.2) is 5.96 Å². The Morgan fingerprint density at radius 3 is 2.74 bits per heavy atom. The first-order valence-corrected chi connectivity index (χ1v) is 9.18. The Balaban J connectivity index is 1.82. The molecule has 2 aliphatic rings. The minimum atomic E-state index is -0.111. The standard InChI is InChI=1S/C17H34N4O2/c1-3-18-17(20-14-6-8-16(22)9-7-14)19-13-15-5-4-10-21(15)11-12-23-2/h14-16,22H,3-13H2,1-2H3,(H2,18,19,20). The highest BCUT2D eigenvalue weighted by atomic mass is 16.5. The van der Waals surface area contributed by atoms with Crippen molar-refractivity contribution in [2.24, 2.45) is 4.99 Å². The van der Waals surface area contributed by atoms with Gasteiger partial charge in [-0.1, -0.05) is 0 Å². The third kappa shape index (κ3) is 6.28. The molecule has 0 spiro atoms. The third-order valence-corrected chi connectivity index (χ3v) is 4.92. The number of nitrogens with zero attached hydrogens (tertiary/aromatic N) is 2. The lowest BCUT2D eigenvalue weighted by molar-refractivity contribution is 0.120. The summed E-state index contributed by atoms with van der Waals surface area (Å²) in [7, 11) is 1.76. The minimum absolute atomic E-state index is 0.111. The van der Waals surface area contributed by atoms with Gasteiger partial charge >= 0.3 is 0 Å². The quantitative estimate of drug-likeness (QED) is 0.480.